The van der Waals surface area contributed by atoms with Crippen LogP contribution in [0.3, 0.4) is 0 Å². The minimum Gasteiger partial charge on any atom is -0.494 e. The second kappa shape index (κ2) is 4.98. The van der Waals surface area contributed by atoms with Crippen molar-refractivity contribution in [3.8, 4) is 11.4 Å². The van der Waals surface area contributed by atoms with Gasteiger partial charge < -0.3 is 4.74 Å². The SMILES string of the molecule is COc1ccccc1-n1[nH]c2c(cnc3cc(C)ccc32)c1=O. The van der Waals surface area contributed by atoms with Crippen LogP contribution < -0.4 is 10.3 Å². The van der Waals surface area contributed by atoms with E-state index < -0.39 is 0 Å². The molecular formula is C18H15N3O2. The van der Waals surface area contributed by atoms with Gasteiger partial charge in [0.25, 0.3) is 5.56 Å². The lowest BCUT2D eigenvalue weighted by Gasteiger charge is -2.07. The summed E-state index contributed by atoms with van der Waals surface area (Å²) >= 11 is 0. The summed E-state index contributed by atoms with van der Waals surface area (Å²) in [5.41, 5.74) is 3.32. The topological polar surface area (TPSA) is 59.9 Å². The summed E-state index contributed by atoms with van der Waals surface area (Å²) in [5.74, 6) is 0.634. The van der Waals surface area contributed by atoms with E-state index in [2.05, 4.69) is 10.1 Å². The molecule has 0 unspecified atom stereocenters. The van der Waals surface area contributed by atoms with Gasteiger partial charge in [-0.25, -0.2) is 4.68 Å². The van der Waals surface area contributed by atoms with Crippen LogP contribution in [0.15, 0.2) is 53.5 Å². The van der Waals surface area contributed by atoms with Crippen LogP contribution in [0, 0.1) is 6.92 Å². The molecule has 0 spiro atoms. The summed E-state index contributed by atoms with van der Waals surface area (Å²) in [5, 5.41) is 4.69. The molecule has 0 aliphatic rings. The molecule has 5 nitrogen and oxygen atoms in total. The highest BCUT2D eigenvalue weighted by atomic mass is 16.5. The first kappa shape index (κ1) is 13.6. The number of pyridine rings is 1. The van der Waals surface area contributed by atoms with Crippen LogP contribution in [0.1, 0.15) is 5.56 Å². The van der Waals surface area contributed by atoms with Gasteiger partial charge in [-0.1, -0.05) is 24.3 Å². The fourth-order valence-electron chi connectivity index (χ4n) is 2.85. The second-order valence-electron chi connectivity index (χ2n) is 5.49. The van der Waals surface area contributed by atoms with E-state index in [4.69, 9.17) is 4.74 Å². The van der Waals surface area contributed by atoms with Crippen molar-refractivity contribution in [2.24, 2.45) is 0 Å². The molecule has 5 heteroatoms. The van der Waals surface area contributed by atoms with E-state index in [1.807, 2.05) is 49.4 Å². The van der Waals surface area contributed by atoms with Gasteiger partial charge in [0.05, 0.1) is 23.5 Å². The van der Waals surface area contributed by atoms with Crippen LogP contribution in [0.5, 0.6) is 5.75 Å². The lowest BCUT2D eigenvalue weighted by Crippen LogP contribution is -2.15. The Morgan fingerprint density at radius 2 is 1.96 bits per heavy atom. The van der Waals surface area contributed by atoms with Crippen LogP contribution >= 0.6 is 0 Å². The van der Waals surface area contributed by atoms with Crippen LogP contribution in [-0.2, 0) is 0 Å². The van der Waals surface area contributed by atoms with Gasteiger partial charge in [-0.15, -0.1) is 0 Å². The van der Waals surface area contributed by atoms with E-state index >= 15 is 0 Å². The average molecular weight is 305 g/mol. The predicted octanol–water partition coefficient (Wildman–Crippen LogP) is 3.18. The molecule has 0 saturated heterocycles. The van der Waals surface area contributed by atoms with Crippen molar-refractivity contribution in [2.75, 3.05) is 7.11 Å². The lowest BCUT2D eigenvalue weighted by atomic mass is 10.1. The summed E-state index contributed by atoms with van der Waals surface area (Å²) in [6.07, 6.45) is 1.63. The first-order valence-corrected chi connectivity index (χ1v) is 7.32. The van der Waals surface area contributed by atoms with Gasteiger partial charge in [0, 0.05) is 11.6 Å². The summed E-state index contributed by atoms with van der Waals surface area (Å²) in [6.45, 7) is 2.02. The molecule has 4 rings (SSSR count). The zero-order valence-corrected chi connectivity index (χ0v) is 12.8. The predicted molar refractivity (Wildman–Crippen MR) is 90.5 cm³/mol. The molecule has 1 N–H and O–H groups in total. The van der Waals surface area contributed by atoms with Gasteiger partial charge in [-0.05, 0) is 30.7 Å². The quantitative estimate of drug-likeness (QED) is 0.619. The van der Waals surface area contributed by atoms with Crippen molar-refractivity contribution in [1.82, 2.24) is 14.8 Å². The largest absolute Gasteiger partial charge is 0.494 e. The van der Waals surface area contributed by atoms with E-state index in [0.717, 1.165) is 22.0 Å². The molecule has 0 aliphatic carbocycles. The smallest absolute Gasteiger partial charge is 0.280 e. The van der Waals surface area contributed by atoms with Gasteiger partial charge in [-0.2, -0.15) is 0 Å². The third-order valence-electron chi connectivity index (χ3n) is 4.01. The maximum atomic E-state index is 12.7. The number of hydrogen-bond donors (Lipinski definition) is 1. The number of hydrogen-bond acceptors (Lipinski definition) is 3. The number of fused-ring (bicyclic) bond motifs is 3. The molecule has 0 fully saturated rings. The van der Waals surface area contributed by atoms with Crippen LogP contribution in [0.25, 0.3) is 27.5 Å². The third-order valence-corrected chi connectivity index (χ3v) is 4.01. The molecule has 2 aromatic carbocycles. The maximum absolute atomic E-state index is 12.7. The van der Waals surface area contributed by atoms with Gasteiger partial charge in [0.15, 0.2) is 0 Å². The Balaban J connectivity index is 2.08. The molecule has 2 heterocycles. The zero-order valence-electron chi connectivity index (χ0n) is 12.8. The minimum atomic E-state index is -0.139. The Labute approximate surface area is 132 Å². The number of rotatable bonds is 2. The second-order valence-corrected chi connectivity index (χ2v) is 5.49. The van der Waals surface area contributed by atoms with E-state index in [9.17, 15) is 4.79 Å². The van der Waals surface area contributed by atoms with Crippen molar-refractivity contribution in [2.45, 2.75) is 6.92 Å². The number of aryl methyl sites for hydroxylation is 1. The fraction of sp³-hybridized carbons (Fsp3) is 0.111. The van der Waals surface area contributed by atoms with Crippen molar-refractivity contribution in [3.05, 3.63) is 64.6 Å². The standard InChI is InChI=1S/C18H15N3O2/c1-11-7-8-12-14(9-11)19-10-13-17(12)20-21(18(13)22)15-5-3-4-6-16(15)23-2/h3-10,20H,1-2H3. The van der Waals surface area contributed by atoms with Crippen molar-refractivity contribution >= 4 is 21.8 Å². The number of H-pyrrole nitrogens is 1. The fourth-order valence-corrected chi connectivity index (χ4v) is 2.85. The number of aromatic nitrogens is 3. The summed E-state index contributed by atoms with van der Waals surface area (Å²) < 4.78 is 6.86. The molecule has 0 saturated carbocycles. The van der Waals surface area contributed by atoms with E-state index in [1.165, 1.54) is 4.68 Å². The van der Waals surface area contributed by atoms with Gasteiger partial charge in [0.2, 0.25) is 0 Å². The molecule has 0 aliphatic heterocycles. The number of para-hydroxylation sites is 2. The number of nitrogens with one attached hydrogen (secondary N) is 1. The third kappa shape index (κ3) is 2.01. The Bertz CT molecular complexity index is 1090. The molecule has 0 radical (unpaired) electrons. The van der Waals surface area contributed by atoms with Gasteiger partial charge in [-0.3, -0.25) is 14.9 Å². The molecular weight excluding hydrogens is 290 g/mol. The molecule has 23 heavy (non-hydrogen) atoms. The first-order valence-electron chi connectivity index (χ1n) is 7.32. The van der Waals surface area contributed by atoms with Crippen molar-refractivity contribution in [1.29, 1.82) is 0 Å². The number of ether oxygens (including phenoxy) is 1. The molecule has 0 amide bonds. The molecule has 114 valence electrons. The Morgan fingerprint density at radius 3 is 2.78 bits per heavy atom. The Kier molecular flexibility index (Phi) is 2.94. The minimum absolute atomic E-state index is 0.139. The highest BCUT2D eigenvalue weighted by molar-refractivity contribution is 6.02. The van der Waals surface area contributed by atoms with Crippen LogP contribution in [-0.4, -0.2) is 21.9 Å². The lowest BCUT2D eigenvalue weighted by molar-refractivity contribution is 0.411. The van der Waals surface area contributed by atoms with Crippen molar-refractivity contribution in [3.63, 3.8) is 0 Å². The van der Waals surface area contributed by atoms with E-state index in [1.54, 1.807) is 13.3 Å². The van der Waals surface area contributed by atoms with Crippen LogP contribution in [0.4, 0.5) is 0 Å². The van der Waals surface area contributed by atoms with Crippen LogP contribution in [0.2, 0.25) is 0 Å². The Hall–Kier alpha value is -3.08. The molecule has 0 atom stereocenters. The number of benzene rings is 2. The maximum Gasteiger partial charge on any atom is 0.280 e. The highest BCUT2D eigenvalue weighted by Crippen LogP contribution is 2.24. The normalized spacial score (nSPS) is 11.2. The van der Waals surface area contributed by atoms with E-state index in [-0.39, 0.29) is 5.56 Å². The molecule has 2 aromatic heterocycles. The molecule has 4 aromatic rings. The number of nitrogens with zero attached hydrogens (tertiary/aromatic N) is 2. The van der Waals surface area contributed by atoms with Gasteiger partial charge >= 0.3 is 0 Å². The first-order chi connectivity index (χ1) is 11.2. The summed E-state index contributed by atoms with van der Waals surface area (Å²) in [4.78, 5) is 17.2. The van der Waals surface area contributed by atoms with E-state index in [0.29, 0.717) is 16.8 Å². The average Bonchev–Trinajstić information content (AvgIpc) is 2.91. The monoisotopic (exact) mass is 305 g/mol. The zero-order chi connectivity index (χ0) is 16.0. The van der Waals surface area contributed by atoms with Crippen molar-refractivity contribution < 1.29 is 4.74 Å². The number of aromatic amines is 1. The summed E-state index contributed by atoms with van der Waals surface area (Å²) in [7, 11) is 1.59. The molecule has 0 bridgehead atoms. The van der Waals surface area contributed by atoms with Gasteiger partial charge in [0.1, 0.15) is 11.4 Å². The highest BCUT2D eigenvalue weighted by Gasteiger charge is 2.14. The summed E-state index contributed by atoms with van der Waals surface area (Å²) in [6, 6.07) is 13.4. The Morgan fingerprint density at radius 1 is 1.13 bits per heavy atom. The number of methoxy groups -OCH3 is 1.